The monoisotopic (exact) mass is 362 g/mol. The Balaban J connectivity index is 1.70. The molecule has 3 aromatic rings. The van der Waals surface area contributed by atoms with Gasteiger partial charge in [-0.25, -0.2) is 0 Å². The van der Waals surface area contributed by atoms with Crippen LogP contribution >= 0.6 is 0 Å². The molecular weight excluding hydrogens is 344 g/mol. The first-order valence-electron chi connectivity index (χ1n) is 8.25. The fraction of sp³-hybridized carbons (Fsp3) is 0.0500. The summed E-state index contributed by atoms with van der Waals surface area (Å²) in [6.07, 6.45) is 3.66. The van der Waals surface area contributed by atoms with Crippen molar-refractivity contribution < 1.29 is 14.4 Å². The summed E-state index contributed by atoms with van der Waals surface area (Å²) in [5.41, 5.74) is 6.73. The number of anilines is 1. The molecule has 0 aliphatic heterocycles. The molecule has 0 saturated carbocycles. The SMILES string of the molecule is CC(=O)Nc1cccc(C(=O)NNC(=O)c2ccccc2-n2cccc2)c1. The molecule has 0 atom stereocenters. The van der Waals surface area contributed by atoms with Crippen LogP contribution < -0.4 is 16.2 Å². The van der Waals surface area contributed by atoms with Crippen LogP contribution in [-0.4, -0.2) is 22.3 Å². The molecule has 27 heavy (non-hydrogen) atoms. The number of benzene rings is 2. The second kappa shape index (κ2) is 8.01. The van der Waals surface area contributed by atoms with Crippen molar-refractivity contribution >= 4 is 23.4 Å². The number of amides is 3. The van der Waals surface area contributed by atoms with Gasteiger partial charge in [-0.1, -0.05) is 18.2 Å². The molecule has 0 spiro atoms. The van der Waals surface area contributed by atoms with Crippen molar-refractivity contribution in [1.29, 1.82) is 0 Å². The third-order valence-corrected chi connectivity index (χ3v) is 3.77. The molecule has 1 aromatic heterocycles. The number of para-hydroxylation sites is 1. The fourth-order valence-electron chi connectivity index (χ4n) is 2.58. The summed E-state index contributed by atoms with van der Waals surface area (Å²) in [4.78, 5) is 35.9. The van der Waals surface area contributed by atoms with Crippen molar-refractivity contribution in [3.05, 3.63) is 84.2 Å². The highest BCUT2D eigenvalue weighted by Crippen LogP contribution is 2.14. The first-order valence-corrected chi connectivity index (χ1v) is 8.25. The number of aromatic nitrogens is 1. The number of hydrogen-bond donors (Lipinski definition) is 3. The van der Waals surface area contributed by atoms with E-state index in [1.165, 1.54) is 13.0 Å². The van der Waals surface area contributed by atoms with Crippen molar-refractivity contribution in [1.82, 2.24) is 15.4 Å². The summed E-state index contributed by atoms with van der Waals surface area (Å²) in [6.45, 7) is 1.38. The van der Waals surface area contributed by atoms with Gasteiger partial charge in [-0.15, -0.1) is 0 Å². The Kier molecular flexibility index (Phi) is 5.32. The zero-order valence-corrected chi connectivity index (χ0v) is 14.6. The van der Waals surface area contributed by atoms with E-state index in [2.05, 4.69) is 16.2 Å². The summed E-state index contributed by atoms with van der Waals surface area (Å²) < 4.78 is 1.81. The predicted molar refractivity (Wildman–Crippen MR) is 101 cm³/mol. The van der Waals surface area contributed by atoms with E-state index in [-0.39, 0.29) is 5.91 Å². The van der Waals surface area contributed by atoms with Crippen LogP contribution in [-0.2, 0) is 4.79 Å². The Morgan fingerprint density at radius 2 is 1.52 bits per heavy atom. The zero-order valence-electron chi connectivity index (χ0n) is 14.6. The Bertz CT molecular complexity index is 980. The summed E-state index contributed by atoms with van der Waals surface area (Å²) in [7, 11) is 0. The second-order valence-corrected chi connectivity index (χ2v) is 5.78. The molecule has 136 valence electrons. The first-order chi connectivity index (χ1) is 13.0. The van der Waals surface area contributed by atoms with Gasteiger partial charge in [0.25, 0.3) is 11.8 Å². The van der Waals surface area contributed by atoms with Gasteiger partial charge in [0.1, 0.15) is 0 Å². The summed E-state index contributed by atoms with van der Waals surface area (Å²) in [5, 5.41) is 2.60. The lowest BCUT2D eigenvalue weighted by Crippen LogP contribution is -2.42. The summed E-state index contributed by atoms with van der Waals surface area (Å²) in [6, 6.07) is 17.2. The van der Waals surface area contributed by atoms with E-state index in [9.17, 15) is 14.4 Å². The Morgan fingerprint density at radius 3 is 2.26 bits per heavy atom. The van der Waals surface area contributed by atoms with Crippen molar-refractivity contribution in [2.75, 3.05) is 5.32 Å². The number of hydrogen-bond acceptors (Lipinski definition) is 3. The van der Waals surface area contributed by atoms with E-state index in [1.54, 1.807) is 30.3 Å². The summed E-state index contributed by atoms with van der Waals surface area (Å²) in [5.74, 6) is -1.16. The lowest BCUT2D eigenvalue weighted by molar-refractivity contribution is -0.114. The van der Waals surface area contributed by atoms with Crippen LogP contribution in [0, 0.1) is 0 Å². The molecule has 0 aliphatic carbocycles. The molecule has 3 rings (SSSR count). The van der Waals surface area contributed by atoms with Gasteiger partial charge >= 0.3 is 0 Å². The van der Waals surface area contributed by atoms with Crippen LogP contribution in [0.15, 0.2) is 73.1 Å². The highest BCUT2D eigenvalue weighted by Gasteiger charge is 2.13. The molecule has 1 heterocycles. The third kappa shape index (κ3) is 4.40. The molecule has 0 unspecified atom stereocenters. The van der Waals surface area contributed by atoms with Gasteiger partial charge in [0.05, 0.1) is 11.3 Å². The van der Waals surface area contributed by atoms with E-state index in [0.29, 0.717) is 22.5 Å². The van der Waals surface area contributed by atoms with Crippen molar-refractivity contribution in [2.24, 2.45) is 0 Å². The van der Waals surface area contributed by atoms with Gasteiger partial charge < -0.3 is 9.88 Å². The van der Waals surface area contributed by atoms with Gasteiger partial charge in [0.15, 0.2) is 0 Å². The van der Waals surface area contributed by atoms with Crippen LogP contribution in [0.1, 0.15) is 27.6 Å². The summed E-state index contributed by atoms with van der Waals surface area (Å²) >= 11 is 0. The number of rotatable bonds is 4. The molecule has 7 nitrogen and oxygen atoms in total. The molecule has 0 aliphatic rings. The van der Waals surface area contributed by atoms with Crippen LogP contribution in [0.3, 0.4) is 0 Å². The van der Waals surface area contributed by atoms with Crippen molar-refractivity contribution in [2.45, 2.75) is 6.92 Å². The van der Waals surface area contributed by atoms with Gasteiger partial charge in [-0.05, 0) is 42.5 Å². The molecular formula is C20H18N4O3. The van der Waals surface area contributed by atoms with Crippen LogP contribution in [0.5, 0.6) is 0 Å². The smallest absolute Gasteiger partial charge is 0.271 e. The molecule has 3 N–H and O–H groups in total. The van der Waals surface area contributed by atoms with Crippen LogP contribution in [0.4, 0.5) is 5.69 Å². The number of carbonyl (C=O) groups is 3. The quantitative estimate of drug-likeness (QED) is 0.623. The maximum atomic E-state index is 12.5. The average Bonchev–Trinajstić information content (AvgIpc) is 3.20. The van der Waals surface area contributed by atoms with E-state index in [1.807, 2.05) is 41.2 Å². The lowest BCUT2D eigenvalue weighted by Gasteiger charge is -2.12. The van der Waals surface area contributed by atoms with E-state index >= 15 is 0 Å². The first kappa shape index (κ1) is 17.9. The number of nitrogens with one attached hydrogen (secondary N) is 3. The zero-order chi connectivity index (χ0) is 19.2. The minimum atomic E-state index is -0.492. The minimum absolute atomic E-state index is 0.234. The molecule has 3 amide bonds. The third-order valence-electron chi connectivity index (χ3n) is 3.77. The molecule has 0 fully saturated rings. The molecule has 0 bridgehead atoms. The number of nitrogens with zero attached hydrogens (tertiary/aromatic N) is 1. The lowest BCUT2D eigenvalue weighted by atomic mass is 10.1. The standard InChI is InChI=1S/C20H18N4O3/c1-14(25)21-16-8-6-7-15(13-16)19(26)22-23-20(27)17-9-2-3-10-18(17)24-11-4-5-12-24/h2-13H,1H3,(H,21,25)(H,22,26)(H,23,27). The normalized spacial score (nSPS) is 10.1. The molecule has 0 radical (unpaired) electrons. The fourth-order valence-corrected chi connectivity index (χ4v) is 2.58. The average molecular weight is 362 g/mol. The van der Waals surface area contributed by atoms with Gasteiger partial charge in [0, 0.05) is 30.6 Å². The molecule has 2 aromatic carbocycles. The second-order valence-electron chi connectivity index (χ2n) is 5.78. The van der Waals surface area contributed by atoms with Gasteiger partial charge in [-0.2, -0.15) is 0 Å². The maximum absolute atomic E-state index is 12.5. The number of hydrazine groups is 1. The van der Waals surface area contributed by atoms with Crippen LogP contribution in [0.25, 0.3) is 5.69 Å². The van der Waals surface area contributed by atoms with Crippen LogP contribution in [0.2, 0.25) is 0 Å². The number of carbonyl (C=O) groups excluding carboxylic acids is 3. The molecule has 7 heteroatoms. The Hall–Kier alpha value is -3.87. The van der Waals surface area contributed by atoms with E-state index in [0.717, 1.165) is 0 Å². The highest BCUT2D eigenvalue weighted by atomic mass is 16.2. The largest absolute Gasteiger partial charge is 0.326 e. The van der Waals surface area contributed by atoms with E-state index < -0.39 is 11.8 Å². The van der Waals surface area contributed by atoms with Gasteiger partial charge in [0.2, 0.25) is 5.91 Å². The topological polar surface area (TPSA) is 92.2 Å². The van der Waals surface area contributed by atoms with Crippen molar-refractivity contribution in [3.63, 3.8) is 0 Å². The maximum Gasteiger partial charge on any atom is 0.271 e. The Labute approximate surface area is 156 Å². The minimum Gasteiger partial charge on any atom is -0.326 e. The van der Waals surface area contributed by atoms with Gasteiger partial charge in [-0.3, -0.25) is 25.2 Å². The predicted octanol–water partition coefficient (Wildman–Crippen LogP) is 2.51. The van der Waals surface area contributed by atoms with E-state index in [4.69, 9.17) is 0 Å². The molecule has 0 saturated heterocycles. The Morgan fingerprint density at radius 1 is 0.815 bits per heavy atom. The highest BCUT2D eigenvalue weighted by molar-refractivity contribution is 6.01. The van der Waals surface area contributed by atoms with Crippen molar-refractivity contribution in [3.8, 4) is 5.69 Å².